The molecule has 5 aromatic carbocycles. The molecule has 11 nitrogen and oxygen atoms in total. The number of carbonyl (C=O) groups excluding carboxylic acids is 1. The zero-order valence-electron chi connectivity index (χ0n) is 39.8. The third kappa shape index (κ3) is 10.5. The summed E-state index contributed by atoms with van der Waals surface area (Å²) in [6.07, 6.45) is 10.6. The van der Waals surface area contributed by atoms with Gasteiger partial charge in [0.2, 0.25) is 12.1 Å². The molecular weight excluding hydrogens is 869 g/mol. The van der Waals surface area contributed by atoms with Crippen LogP contribution in [0.3, 0.4) is 0 Å². The standard InChI is InChI=1S/C58H66N2O9/c1-3-34-66-58-53(60(57(63)64-4-2)39-44-22-16-21-42-19-8-9-23-47(42)44)38-51(59-69-54-25-12-15-35-65-54)49-36-43(20-10-13-32-61)48(24-11-14-33-62)55(56(49)58)50-37-46(30-31-52(50)68-58)67-45-28-26-41(27-29-45)40-17-6-5-7-18-40/h3,5-9,16-19,21-23,26-31,36-37,43,48,53-56,61-62H,1,4,10-15,20,24-25,32-35,38-39H2,2H3/t43-,48+,53-,54?,55+,56+,58+/m0/s1. The predicted octanol–water partition coefficient (Wildman–Crippen LogP) is 12.1. The van der Waals surface area contributed by atoms with Crippen LogP contribution in [0.25, 0.3) is 21.9 Å². The molecule has 0 spiro atoms. The number of hydrogen-bond donors (Lipinski definition) is 2. The van der Waals surface area contributed by atoms with Gasteiger partial charge in [-0.05, 0) is 121 Å². The van der Waals surface area contributed by atoms with E-state index in [1.165, 1.54) is 0 Å². The SMILES string of the molecule is C=CCO[C@@]12Oc3ccc(Oc4ccc(-c5ccccc5)cc4)cc3[C@H]3[C@H](CCCCO)[C@@H](CCCCO)C=C(C(=NOC4CCCCO4)C[C@@H]1N(Cc1cccc4ccccc14)C(=O)OCC)[C@H]32. The van der Waals surface area contributed by atoms with Gasteiger partial charge in [0.25, 0.3) is 0 Å². The van der Waals surface area contributed by atoms with Gasteiger partial charge in [0, 0.05) is 37.5 Å². The third-order valence-electron chi connectivity index (χ3n) is 14.4. The number of rotatable bonds is 20. The van der Waals surface area contributed by atoms with Gasteiger partial charge >= 0.3 is 6.09 Å². The molecule has 2 aliphatic heterocycles. The van der Waals surface area contributed by atoms with Crippen LogP contribution in [0.2, 0.25) is 0 Å². The quantitative estimate of drug-likeness (QED) is 0.0445. The van der Waals surface area contributed by atoms with Crippen LogP contribution in [0.15, 0.2) is 145 Å². The van der Waals surface area contributed by atoms with Gasteiger partial charge in [-0.15, -0.1) is 6.58 Å². The fourth-order valence-corrected chi connectivity index (χ4v) is 11.2. The Labute approximate surface area is 406 Å². The molecule has 1 unspecified atom stereocenters. The fraction of sp³-hybridized carbons (Fsp3) is 0.414. The Hall–Kier alpha value is -5.98. The molecule has 0 radical (unpaired) electrons. The highest BCUT2D eigenvalue weighted by Crippen LogP contribution is 2.62. The van der Waals surface area contributed by atoms with Gasteiger partial charge in [-0.1, -0.05) is 115 Å². The Bertz CT molecular complexity index is 2570. The minimum atomic E-state index is -1.46. The van der Waals surface area contributed by atoms with Gasteiger partial charge in [0.15, 0.2) is 0 Å². The smallest absolute Gasteiger partial charge is 0.410 e. The molecule has 1 amide bonds. The van der Waals surface area contributed by atoms with Crippen LogP contribution in [-0.2, 0) is 25.6 Å². The fourth-order valence-electron chi connectivity index (χ4n) is 11.2. The van der Waals surface area contributed by atoms with Crippen molar-refractivity contribution in [3.05, 3.63) is 151 Å². The maximum atomic E-state index is 14.8. The Kier molecular flexibility index (Phi) is 15.8. The average Bonchev–Trinajstić information content (AvgIpc) is 3.38. The van der Waals surface area contributed by atoms with E-state index in [4.69, 9.17) is 33.7 Å². The van der Waals surface area contributed by atoms with Crippen molar-refractivity contribution >= 4 is 22.6 Å². The van der Waals surface area contributed by atoms with Crippen molar-refractivity contribution in [2.24, 2.45) is 22.9 Å². The number of nitrogens with zero attached hydrogens (tertiary/aromatic N) is 2. The summed E-state index contributed by atoms with van der Waals surface area (Å²) in [5.41, 5.74) is 5.80. The molecule has 11 heteroatoms. The van der Waals surface area contributed by atoms with E-state index >= 15 is 0 Å². The van der Waals surface area contributed by atoms with E-state index in [9.17, 15) is 15.0 Å². The predicted molar refractivity (Wildman–Crippen MR) is 268 cm³/mol. The van der Waals surface area contributed by atoms with Crippen LogP contribution in [0.4, 0.5) is 4.79 Å². The van der Waals surface area contributed by atoms with Crippen molar-refractivity contribution in [3.8, 4) is 28.4 Å². The number of carbonyl (C=O) groups is 1. The minimum Gasteiger partial charge on any atom is -0.459 e. The first-order valence-corrected chi connectivity index (χ1v) is 25.0. The normalized spacial score (nSPS) is 24.3. The van der Waals surface area contributed by atoms with Crippen LogP contribution in [0.5, 0.6) is 17.2 Å². The Balaban J connectivity index is 1.22. The molecule has 1 saturated heterocycles. The number of benzene rings is 5. The molecule has 5 aromatic rings. The van der Waals surface area contributed by atoms with E-state index in [0.717, 1.165) is 83.5 Å². The molecule has 7 atom stereocenters. The number of oxime groups is 1. The summed E-state index contributed by atoms with van der Waals surface area (Å²) in [5.74, 6) is -0.0956. The molecule has 2 fully saturated rings. The first-order valence-electron chi connectivity index (χ1n) is 25.0. The van der Waals surface area contributed by atoms with Crippen LogP contribution in [-0.4, -0.2) is 78.1 Å². The molecular formula is C58H66N2O9. The highest BCUT2D eigenvalue weighted by atomic mass is 16.8. The van der Waals surface area contributed by atoms with Crippen LogP contribution in [0, 0.1) is 17.8 Å². The van der Waals surface area contributed by atoms with Crippen molar-refractivity contribution in [2.75, 3.05) is 33.0 Å². The lowest BCUT2D eigenvalue weighted by Gasteiger charge is -2.60. The molecule has 0 bridgehead atoms. The minimum absolute atomic E-state index is 0.0375. The maximum Gasteiger partial charge on any atom is 0.410 e. The average molecular weight is 935 g/mol. The molecule has 2 N–H and O–H groups in total. The second-order valence-electron chi connectivity index (χ2n) is 18.6. The first kappa shape index (κ1) is 48.1. The van der Waals surface area contributed by atoms with E-state index in [1.807, 2.05) is 67.6 Å². The van der Waals surface area contributed by atoms with Gasteiger partial charge in [0.05, 0.1) is 38.0 Å². The summed E-state index contributed by atoms with van der Waals surface area (Å²) < 4.78 is 33.5. The molecule has 69 heavy (non-hydrogen) atoms. The van der Waals surface area contributed by atoms with Gasteiger partial charge in [-0.3, -0.25) is 4.90 Å². The summed E-state index contributed by atoms with van der Waals surface area (Å²) in [6.45, 7) is 7.23. The molecule has 2 aliphatic carbocycles. The zero-order valence-corrected chi connectivity index (χ0v) is 39.8. The number of unbranched alkanes of at least 4 members (excludes halogenated alkanes) is 2. The summed E-state index contributed by atoms with van der Waals surface area (Å²) in [4.78, 5) is 23.0. The first-order chi connectivity index (χ1) is 33.9. The monoisotopic (exact) mass is 934 g/mol. The number of fused-ring (bicyclic) bond motifs is 3. The van der Waals surface area contributed by atoms with Crippen molar-refractivity contribution < 1.29 is 43.5 Å². The lowest BCUT2D eigenvalue weighted by Crippen LogP contribution is -2.70. The molecule has 2 heterocycles. The second kappa shape index (κ2) is 22.6. The van der Waals surface area contributed by atoms with Crippen molar-refractivity contribution in [1.29, 1.82) is 0 Å². The summed E-state index contributed by atoms with van der Waals surface area (Å²) in [7, 11) is 0. The van der Waals surface area contributed by atoms with Crippen LogP contribution < -0.4 is 9.47 Å². The number of amides is 1. The van der Waals surface area contributed by atoms with E-state index < -0.39 is 30.1 Å². The van der Waals surface area contributed by atoms with Gasteiger partial charge in [-0.2, -0.15) is 0 Å². The highest BCUT2D eigenvalue weighted by Gasteiger charge is 2.66. The highest BCUT2D eigenvalue weighted by molar-refractivity contribution is 6.03. The van der Waals surface area contributed by atoms with Gasteiger partial charge in [0.1, 0.15) is 23.3 Å². The molecule has 362 valence electrons. The Morgan fingerprint density at radius 3 is 2.39 bits per heavy atom. The number of aliphatic hydroxyl groups excluding tert-OH is 2. The number of aliphatic hydroxyl groups is 2. The third-order valence-corrected chi connectivity index (χ3v) is 14.4. The Morgan fingerprint density at radius 1 is 0.870 bits per heavy atom. The molecule has 9 rings (SSSR count). The lowest BCUT2D eigenvalue weighted by molar-refractivity contribution is -0.256. The van der Waals surface area contributed by atoms with E-state index in [-0.39, 0.29) is 57.1 Å². The van der Waals surface area contributed by atoms with Crippen molar-refractivity contribution in [1.82, 2.24) is 4.90 Å². The molecule has 4 aliphatic rings. The zero-order chi connectivity index (χ0) is 47.6. The summed E-state index contributed by atoms with van der Waals surface area (Å²) in [5, 5.41) is 27.3. The van der Waals surface area contributed by atoms with Gasteiger partial charge < -0.3 is 38.7 Å². The number of ether oxygens (including phenoxy) is 5. The van der Waals surface area contributed by atoms with Crippen molar-refractivity contribution in [3.63, 3.8) is 0 Å². The molecule has 1 saturated carbocycles. The maximum absolute atomic E-state index is 14.8. The van der Waals surface area contributed by atoms with E-state index in [1.54, 1.807) is 11.0 Å². The van der Waals surface area contributed by atoms with Crippen LogP contribution in [0.1, 0.15) is 88.2 Å². The molecule has 0 aromatic heterocycles. The van der Waals surface area contributed by atoms with Gasteiger partial charge in [-0.25, -0.2) is 4.79 Å². The summed E-state index contributed by atoms with van der Waals surface area (Å²) in [6, 6.07) is 38.0. The Morgan fingerprint density at radius 2 is 1.62 bits per heavy atom. The second-order valence-corrected chi connectivity index (χ2v) is 18.6. The summed E-state index contributed by atoms with van der Waals surface area (Å²) >= 11 is 0. The lowest BCUT2D eigenvalue weighted by atomic mass is 9.55. The topological polar surface area (TPSA) is 129 Å². The number of hydrogen-bond acceptors (Lipinski definition) is 10. The van der Waals surface area contributed by atoms with Crippen molar-refractivity contribution in [2.45, 2.75) is 102 Å². The van der Waals surface area contributed by atoms with Crippen LogP contribution >= 0.6 is 0 Å². The van der Waals surface area contributed by atoms with E-state index in [0.29, 0.717) is 42.4 Å². The van der Waals surface area contributed by atoms with E-state index in [2.05, 4.69) is 67.3 Å². The number of allylic oxidation sites excluding steroid dienone is 1. The largest absolute Gasteiger partial charge is 0.459 e.